The third kappa shape index (κ3) is 2.79. The molecule has 1 aromatic rings. The van der Waals surface area contributed by atoms with Gasteiger partial charge in [0.2, 0.25) is 0 Å². The molecule has 1 saturated heterocycles. The molecule has 2 unspecified atom stereocenters. The van der Waals surface area contributed by atoms with Crippen LogP contribution < -0.4 is 5.73 Å². The first-order valence-corrected chi connectivity index (χ1v) is 6.41. The molecule has 0 aromatic heterocycles. The highest BCUT2D eigenvalue weighted by molar-refractivity contribution is 5.29. The van der Waals surface area contributed by atoms with Crippen molar-refractivity contribution in [3.63, 3.8) is 0 Å². The minimum absolute atomic E-state index is 0.321. The van der Waals surface area contributed by atoms with Crippen molar-refractivity contribution in [3.05, 3.63) is 29.8 Å². The quantitative estimate of drug-likeness (QED) is 0.840. The summed E-state index contributed by atoms with van der Waals surface area (Å²) in [5, 5.41) is 9.33. The molecule has 0 radical (unpaired) electrons. The lowest BCUT2D eigenvalue weighted by atomic mass is 9.85. The predicted octanol–water partition coefficient (Wildman–Crippen LogP) is 1.92. The van der Waals surface area contributed by atoms with E-state index in [0.29, 0.717) is 24.3 Å². The Kier molecular flexibility index (Phi) is 4.02. The van der Waals surface area contributed by atoms with Gasteiger partial charge < -0.3 is 15.7 Å². The Morgan fingerprint density at radius 1 is 1.35 bits per heavy atom. The predicted molar refractivity (Wildman–Crippen MR) is 70.2 cm³/mol. The number of aromatic hydroxyl groups is 1. The van der Waals surface area contributed by atoms with Crippen molar-refractivity contribution in [1.82, 2.24) is 4.90 Å². The zero-order valence-corrected chi connectivity index (χ0v) is 10.5. The van der Waals surface area contributed by atoms with Gasteiger partial charge in [0.1, 0.15) is 5.75 Å². The van der Waals surface area contributed by atoms with Gasteiger partial charge in [0.15, 0.2) is 0 Å². The molecular weight excluding hydrogens is 212 g/mol. The zero-order valence-electron chi connectivity index (χ0n) is 10.5. The lowest BCUT2D eigenvalue weighted by Gasteiger charge is -2.38. The number of piperidine rings is 1. The summed E-state index contributed by atoms with van der Waals surface area (Å²) in [6, 6.07) is 8.03. The van der Waals surface area contributed by atoms with Gasteiger partial charge in [-0.15, -0.1) is 0 Å². The maximum Gasteiger partial charge on any atom is 0.115 e. The normalized spacial score (nSPS) is 23.5. The summed E-state index contributed by atoms with van der Waals surface area (Å²) < 4.78 is 0. The van der Waals surface area contributed by atoms with Crippen LogP contribution >= 0.6 is 0 Å². The molecule has 0 amide bonds. The molecule has 1 aliphatic heterocycles. The number of likely N-dealkylation sites (tertiary alicyclic amines) is 1. The van der Waals surface area contributed by atoms with E-state index < -0.39 is 0 Å². The Hall–Kier alpha value is -1.06. The molecule has 3 heteroatoms. The Balaban J connectivity index is 2.17. The highest BCUT2D eigenvalue weighted by Gasteiger charge is 2.27. The van der Waals surface area contributed by atoms with E-state index >= 15 is 0 Å². The van der Waals surface area contributed by atoms with Gasteiger partial charge in [0.25, 0.3) is 0 Å². The number of rotatable bonds is 3. The van der Waals surface area contributed by atoms with Crippen LogP contribution in [0.4, 0.5) is 0 Å². The minimum Gasteiger partial charge on any atom is -0.508 e. The van der Waals surface area contributed by atoms with Gasteiger partial charge in [0, 0.05) is 18.5 Å². The van der Waals surface area contributed by atoms with Crippen LogP contribution in [-0.2, 0) is 0 Å². The van der Waals surface area contributed by atoms with Gasteiger partial charge in [-0.05, 0) is 44.1 Å². The van der Waals surface area contributed by atoms with E-state index in [2.05, 4.69) is 11.9 Å². The number of benzene rings is 1. The Morgan fingerprint density at radius 3 is 2.65 bits per heavy atom. The average Bonchev–Trinajstić information content (AvgIpc) is 2.35. The summed E-state index contributed by atoms with van der Waals surface area (Å²) in [4.78, 5) is 2.42. The van der Waals surface area contributed by atoms with Crippen LogP contribution in [0.15, 0.2) is 24.3 Å². The first-order chi connectivity index (χ1) is 8.22. The molecule has 2 rings (SSSR count). The number of nitrogens with two attached hydrogens (primary N) is 1. The molecule has 1 aliphatic rings. The van der Waals surface area contributed by atoms with Crippen molar-refractivity contribution in [3.8, 4) is 5.75 Å². The largest absolute Gasteiger partial charge is 0.508 e. The monoisotopic (exact) mass is 234 g/mol. The van der Waals surface area contributed by atoms with Gasteiger partial charge >= 0.3 is 0 Å². The van der Waals surface area contributed by atoms with Gasteiger partial charge in [-0.25, -0.2) is 0 Å². The van der Waals surface area contributed by atoms with E-state index in [-0.39, 0.29) is 0 Å². The fourth-order valence-corrected chi connectivity index (χ4v) is 2.85. The molecule has 17 heavy (non-hydrogen) atoms. The van der Waals surface area contributed by atoms with E-state index in [4.69, 9.17) is 5.73 Å². The summed E-state index contributed by atoms with van der Waals surface area (Å²) in [6.45, 7) is 1.83. The molecule has 3 N–H and O–H groups in total. The topological polar surface area (TPSA) is 49.5 Å². The number of phenols is 1. The van der Waals surface area contributed by atoms with Crippen LogP contribution in [0.2, 0.25) is 0 Å². The molecule has 0 saturated carbocycles. The van der Waals surface area contributed by atoms with Crippen molar-refractivity contribution in [2.45, 2.75) is 31.2 Å². The van der Waals surface area contributed by atoms with Crippen molar-refractivity contribution in [1.29, 1.82) is 0 Å². The first-order valence-electron chi connectivity index (χ1n) is 6.41. The van der Waals surface area contributed by atoms with Crippen molar-refractivity contribution in [2.24, 2.45) is 5.73 Å². The Bertz CT molecular complexity index is 350. The third-order valence-corrected chi connectivity index (χ3v) is 3.87. The fourth-order valence-electron chi connectivity index (χ4n) is 2.85. The van der Waals surface area contributed by atoms with Crippen LogP contribution in [0.1, 0.15) is 30.7 Å². The van der Waals surface area contributed by atoms with Crippen molar-refractivity contribution < 1.29 is 5.11 Å². The van der Waals surface area contributed by atoms with Gasteiger partial charge in [0.05, 0.1) is 0 Å². The van der Waals surface area contributed by atoms with Crippen LogP contribution in [-0.4, -0.2) is 36.2 Å². The molecule has 0 spiro atoms. The van der Waals surface area contributed by atoms with E-state index in [0.717, 1.165) is 0 Å². The summed E-state index contributed by atoms with van der Waals surface area (Å²) >= 11 is 0. The molecule has 94 valence electrons. The van der Waals surface area contributed by atoms with E-state index in [1.54, 1.807) is 12.1 Å². The molecule has 1 fully saturated rings. The molecule has 1 aromatic carbocycles. The SMILES string of the molecule is CN1CCCCC1C(CN)c1ccc(O)cc1. The Labute approximate surface area is 103 Å². The Morgan fingerprint density at radius 2 is 2.06 bits per heavy atom. The number of likely N-dealkylation sites (N-methyl/N-ethyl adjacent to an activating group) is 1. The van der Waals surface area contributed by atoms with E-state index in [1.807, 2.05) is 12.1 Å². The summed E-state index contributed by atoms with van der Waals surface area (Å²) in [6.07, 6.45) is 3.81. The molecule has 0 aliphatic carbocycles. The average molecular weight is 234 g/mol. The fraction of sp³-hybridized carbons (Fsp3) is 0.571. The van der Waals surface area contributed by atoms with Crippen molar-refractivity contribution >= 4 is 0 Å². The summed E-state index contributed by atoms with van der Waals surface area (Å²) in [5.41, 5.74) is 7.19. The molecule has 3 nitrogen and oxygen atoms in total. The summed E-state index contributed by atoms with van der Waals surface area (Å²) in [5.74, 6) is 0.697. The highest BCUT2D eigenvalue weighted by atomic mass is 16.3. The zero-order chi connectivity index (χ0) is 12.3. The minimum atomic E-state index is 0.321. The number of phenolic OH excluding ortho intramolecular Hbond substituents is 1. The second kappa shape index (κ2) is 5.52. The van der Waals surface area contributed by atoms with Crippen molar-refractivity contribution in [2.75, 3.05) is 20.1 Å². The highest BCUT2D eigenvalue weighted by Crippen LogP contribution is 2.29. The van der Waals surface area contributed by atoms with Gasteiger partial charge in [-0.3, -0.25) is 0 Å². The van der Waals surface area contributed by atoms with Crippen LogP contribution in [0.25, 0.3) is 0 Å². The number of nitrogens with zero attached hydrogens (tertiary/aromatic N) is 1. The second-order valence-electron chi connectivity index (χ2n) is 4.98. The maximum atomic E-state index is 9.33. The maximum absolute atomic E-state index is 9.33. The van der Waals surface area contributed by atoms with E-state index in [9.17, 15) is 5.11 Å². The van der Waals surface area contributed by atoms with Crippen LogP contribution in [0.5, 0.6) is 5.75 Å². The van der Waals surface area contributed by atoms with Crippen LogP contribution in [0.3, 0.4) is 0 Å². The smallest absolute Gasteiger partial charge is 0.115 e. The molecule has 1 heterocycles. The first kappa shape index (κ1) is 12.4. The number of hydrogen-bond acceptors (Lipinski definition) is 3. The molecule has 0 bridgehead atoms. The lowest BCUT2D eigenvalue weighted by Crippen LogP contribution is -2.42. The molecule has 2 atom stereocenters. The lowest BCUT2D eigenvalue weighted by molar-refractivity contribution is 0.160. The second-order valence-corrected chi connectivity index (χ2v) is 4.98. The number of hydrogen-bond donors (Lipinski definition) is 2. The van der Waals surface area contributed by atoms with Gasteiger partial charge in [-0.1, -0.05) is 18.6 Å². The third-order valence-electron chi connectivity index (χ3n) is 3.87. The van der Waals surface area contributed by atoms with Gasteiger partial charge in [-0.2, -0.15) is 0 Å². The van der Waals surface area contributed by atoms with Crippen LogP contribution in [0, 0.1) is 0 Å². The van der Waals surface area contributed by atoms with E-state index in [1.165, 1.54) is 31.4 Å². The summed E-state index contributed by atoms with van der Waals surface area (Å²) in [7, 11) is 2.19. The standard InChI is InChI=1S/C14H22N2O/c1-16-9-3-2-4-14(16)13(10-15)11-5-7-12(17)8-6-11/h5-8,13-14,17H,2-4,9-10,15H2,1H3. The molecular formula is C14H22N2O.